The second-order valence-electron chi connectivity index (χ2n) is 7.25. The van der Waals surface area contributed by atoms with Gasteiger partial charge in [-0.1, -0.05) is 5.16 Å². The van der Waals surface area contributed by atoms with Crippen molar-refractivity contribution < 1.29 is 27.9 Å². The molecule has 0 unspecified atom stereocenters. The Balaban J connectivity index is 1.53. The van der Waals surface area contributed by atoms with Gasteiger partial charge in [-0.25, -0.2) is 4.39 Å². The van der Waals surface area contributed by atoms with Crippen LogP contribution in [0.2, 0.25) is 0 Å². The summed E-state index contributed by atoms with van der Waals surface area (Å²) in [6.07, 6.45) is 3.80. The van der Waals surface area contributed by atoms with Crippen LogP contribution < -0.4 is 14.2 Å². The molecule has 0 N–H and O–H groups in total. The van der Waals surface area contributed by atoms with E-state index < -0.39 is 0 Å². The van der Waals surface area contributed by atoms with Gasteiger partial charge in [-0.3, -0.25) is 4.79 Å². The van der Waals surface area contributed by atoms with Gasteiger partial charge in [0, 0.05) is 30.2 Å². The lowest BCUT2D eigenvalue weighted by Crippen LogP contribution is -2.34. The molecule has 0 bridgehead atoms. The van der Waals surface area contributed by atoms with Crippen molar-refractivity contribution in [2.24, 2.45) is 0 Å². The van der Waals surface area contributed by atoms with Crippen LogP contribution in [0, 0.1) is 5.82 Å². The Labute approximate surface area is 185 Å². The second-order valence-corrected chi connectivity index (χ2v) is 7.25. The van der Waals surface area contributed by atoms with Gasteiger partial charge in [0.05, 0.1) is 33.6 Å². The van der Waals surface area contributed by atoms with E-state index in [-0.39, 0.29) is 11.7 Å². The minimum Gasteiger partial charge on any atom is -0.493 e. The van der Waals surface area contributed by atoms with Gasteiger partial charge >= 0.3 is 0 Å². The third kappa shape index (κ3) is 4.16. The Bertz CT molecular complexity index is 1130. The Hall–Kier alpha value is -3.81. The number of amides is 1. The van der Waals surface area contributed by atoms with Crippen LogP contribution in [0.4, 0.5) is 4.39 Å². The van der Waals surface area contributed by atoms with Crippen LogP contribution in [0.5, 0.6) is 17.2 Å². The Morgan fingerprint density at radius 3 is 2.41 bits per heavy atom. The molecule has 2 heterocycles. The van der Waals surface area contributed by atoms with E-state index in [4.69, 9.17) is 18.7 Å². The molecule has 8 heteroatoms. The molecular weight excluding hydrogens is 415 g/mol. The molecule has 32 heavy (non-hydrogen) atoms. The van der Waals surface area contributed by atoms with Crippen LogP contribution >= 0.6 is 0 Å². The quantitative estimate of drug-likeness (QED) is 0.540. The van der Waals surface area contributed by atoms with Gasteiger partial charge in [0.25, 0.3) is 0 Å². The van der Waals surface area contributed by atoms with Crippen molar-refractivity contribution in [2.45, 2.75) is 13.0 Å². The molecule has 0 aliphatic carbocycles. The molecule has 1 aliphatic heterocycles. The molecule has 7 nitrogen and oxygen atoms in total. The van der Waals surface area contributed by atoms with E-state index in [9.17, 15) is 9.18 Å². The van der Waals surface area contributed by atoms with Crippen LogP contribution in [0.3, 0.4) is 0 Å². The van der Waals surface area contributed by atoms with Crippen molar-refractivity contribution >= 4 is 12.0 Å². The number of hydrogen-bond acceptors (Lipinski definition) is 6. The molecule has 2 aromatic carbocycles. The molecule has 1 amide bonds. The van der Waals surface area contributed by atoms with Crippen molar-refractivity contribution in [3.05, 3.63) is 65.1 Å². The average molecular weight is 438 g/mol. The number of halogens is 1. The number of carbonyl (C=O) groups is 1. The Morgan fingerprint density at radius 2 is 1.78 bits per heavy atom. The summed E-state index contributed by atoms with van der Waals surface area (Å²) in [6, 6.07) is 9.56. The Kier molecular flexibility index (Phi) is 6.11. The average Bonchev–Trinajstić information content (AvgIpc) is 3.25. The molecule has 0 saturated carbocycles. The lowest BCUT2D eigenvalue weighted by atomic mass is 10.0. The van der Waals surface area contributed by atoms with Crippen LogP contribution in [0.25, 0.3) is 17.4 Å². The first-order valence-electron chi connectivity index (χ1n) is 10.0. The highest BCUT2D eigenvalue weighted by atomic mass is 19.1. The predicted molar refractivity (Wildman–Crippen MR) is 116 cm³/mol. The van der Waals surface area contributed by atoms with E-state index in [1.807, 2.05) is 0 Å². The predicted octanol–water partition coefficient (Wildman–Crippen LogP) is 4.10. The summed E-state index contributed by atoms with van der Waals surface area (Å²) in [5.41, 5.74) is 3.13. The molecule has 4 rings (SSSR count). The van der Waals surface area contributed by atoms with Gasteiger partial charge in [0.2, 0.25) is 11.7 Å². The van der Waals surface area contributed by atoms with E-state index in [0.717, 1.165) is 22.4 Å². The number of methoxy groups -OCH3 is 3. The molecule has 1 aliphatic rings. The summed E-state index contributed by atoms with van der Waals surface area (Å²) in [7, 11) is 4.62. The van der Waals surface area contributed by atoms with E-state index in [2.05, 4.69) is 5.16 Å². The molecule has 0 atom stereocenters. The number of carbonyl (C=O) groups excluding carboxylic acids is 1. The first kappa shape index (κ1) is 21.4. The number of hydrogen-bond donors (Lipinski definition) is 0. The SMILES string of the molecule is COc1cc(/C=C/C(=O)N2CCc3noc(-c4ccc(F)cc4)c3C2)cc(OC)c1OC. The van der Waals surface area contributed by atoms with Crippen molar-refractivity contribution in [1.82, 2.24) is 10.1 Å². The first-order chi connectivity index (χ1) is 15.5. The van der Waals surface area contributed by atoms with E-state index in [0.29, 0.717) is 42.5 Å². The van der Waals surface area contributed by atoms with Crippen LogP contribution in [-0.4, -0.2) is 43.8 Å². The van der Waals surface area contributed by atoms with Gasteiger partial charge < -0.3 is 23.6 Å². The fraction of sp³-hybridized carbons (Fsp3) is 0.250. The summed E-state index contributed by atoms with van der Waals surface area (Å²) in [6.45, 7) is 0.894. The minimum absolute atomic E-state index is 0.143. The number of rotatable bonds is 6. The zero-order valence-corrected chi connectivity index (χ0v) is 18.1. The summed E-state index contributed by atoms with van der Waals surface area (Å²) in [5, 5.41) is 4.13. The van der Waals surface area contributed by atoms with Gasteiger partial charge in [0.1, 0.15) is 5.82 Å². The maximum Gasteiger partial charge on any atom is 0.246 e. The van der Waals surface area contributed by atoms with Gasteiger partial charge in [-0.2, -0.15) is 0 Å². The number of ether oxygens (including phenoxy) is 3. The van der Waals surface area contributed by atoms with Crippen molar-refractivity contribution in [3.63, 3.8) is 0 Å². The second kappa shape index (κ2) is 9.13. The normalized spacial score (nSPS) is 13.2. The van der Waals surface area contributed by atoms with E-state index >= 15 is 0 Å². The van der Waals surface area contributed by atoms with Crippen molar-refractivity contribution in [1.29, 1.82) is 0 Å². The van der Waals surface area contributed by atoms with Gasteiger partial charge in [-0.15, -0.1) is 0 Å². The minimum atomic E-state index is -0.323. The zero-order chi connectivity index (χ0) is 22.7. The molecular formula is C24H23FN2O5. The highest BCUT2D eigenvalue weighted by molar-refractivity contribution is 5.92. The molecule has 0 spiro atoms. The molecule has 3 aromatic rings. The molecule has 166 valence electrons. The summed E-state index contributed by atoms with van der Waals surface area (Å²) < 4.78 is 34.8. The zero-order valence-electron chi connectivity index (χ0n) is 18.1. The summed E-state index contributed by atoms with van der Waals surface area (Å²) in [5.74, 6) is 1.60. The number of nitrogens with zero attached hydrogens (tertiary/aromatic N) is 2. The van der Waals surface area contributed by atoms with Crippen molar-refractivity contribution in [2.75, 3.05) is 27.9 Å². The highest BCUT2D eigenvalue weighted by Crippen LogP contribution is 2.38. The standard InChI is InChI=1S/C24H23FN2O5/c1-29-20-12-15(13-21(30-2)24(20)31-3)4-9-22(28)27-11-10-19-18(14-27)23(32-26-19)16-5-7-17(25)8-6-16/h4-9,12-13H,10-11,14H2,1-3H3/b9-4+. The maximum absolute atomic E-state index is 13.3. The molecule has 1 aromatic heterocycles. The highest BCUT2D eigenvalue weighted by Gasteiger charge is 2.26. The third-order valence-corrected chi connectivity index (χ3v) is 5.36. The lowest BCUT2D eigenvalue weighted by molar-refractivity contribution is -0.126. The molecule has 0 radical (unpaired) electrons. The largest absolute Gasteiger partial charge is 0.493 e. The third-order valence-electron chi connectivity index (χ3n) is 5.36. The summed E-state index contributed by atoms with van der Waals surface area (Å²) >= 11 is 0. The first-order valence-corrected chi connectivity index (χ1v) is 10.0. The topological polar surface area (TPSA) is 74.0 Å². The Morgan fingerprint density at radius 1 is 1.09 bits per heavy atom. The summed E-state index contributed by atoms with van der Waals surface area (Å²) in [4.78, 5) is 14.6. The van der Waals surface area contributed by atoms with Gasteiger partial charge in [-0.05, 0) is 48.0 Å². The van der Waals surface area contributed by atoms with Crippen LogP contribution in [0.1, 0.15) is 16.8 Å². The van der Waals surface area contributed by atoms with E-state index in [1.165, 1.54) is 25.3 Å². The maximum atomic E-state index is 13.3. The number of benzene rings is 2. The van der Waals surface area contributed by atoms with Crippen molar-refractivity contribution in [3.8, 4) is 28.6 Å². The number of aromatic nitrogens is 1. The smallest absolute Gasteiger partial charge is 0.246 e. The fourth-order valence-corrected chi connectivity index (χ4v) is 3.70. The molecule has 0 fully saturated rings. The lowest BCUT2D eigenvalue weighted by Gasteiger charge is -2.25. The molecule has 0 saturated heterocycles. The monoisotopic (exact) mass is 438 g/mol. The fourth-order valence-electron chi connectivity index (χ4n) is 3.70. The number of fused-ring (bicyclic) bond motifs is 1. The van der Waals surface area contributed by atoms with E-state index in [1.54, 1.807) is 49.5 Å². The van der Waals surface area contributed by atoms with Crippen LogP contribution in [0.15, 0.2) is 47.0 Å². The van der Waals surface area contributed by atoms with Gasteiger partial charge in [0.15, 0.2) is 17.3 Å². The van der Waals surface area contributed by atoms with Crippen LogP contribution in [-0.2, 0) is 17.8 Å².